The Morgan fingerprint density at radius 3 is 2.19 bits per heavy atom. The Hall–Kier alpha value is -1.98. The van der Waals surface area contributed by atoms with E-state index in [0.29, 0.717) is 11.5 Å². The fourth-order valence-corrected chi connectivity index (χ4v) is 2.21. The van der Waals surface area contributed by atoms with Gasteiger partial charge in [0.15, 0.2) is 0 Å². The smallest absolute Gasteiger partial charge is 0.267 e. The molecule has 0 N–H and O–H groups in total. The largest absolute Gasteiger partial charge is 0.491 e. The van der Waals surface area contributed by atoms with Crippen LogP contribution in [-0.4, -0.2) is 12.7 Å². The first-order chi connectivity index (χ1) is 12.3. The fourth-order valence-electron chi connectivity index (χ4n) is 2.08. The highest BCUT2D eigenvalue weighted by Crippen LogP contribution is 2.34. The van der Waals surface area contributed by atoms with Crippen LogP contribution in [0.1, 0.15) is 25.8 Å². The quantitative estimate of drug-likeness (QED) is 0.480. The molecule has 0 aliphatic rings. The molecule has 3 nitrogen and oxygen atoms in total. The molecule has 0 amide bonds. The fraction of sp³-hybridized carbons (Fsp3) is 0.263. The Morgan fingerprint density at radius 1 is 1.00 bits per heavy atom. The third-order valence-corrected chi connectivity index (χ3v) is 3.43. The average Bonchev–Trinajstić information content (AvgIpc) is 2.57. The van der Waals surface area contributed by atoms with Gasteiger partial charge in [0.25, 0.3) is 6.43 Å². The molecule has 0 saturated heterocycles. The Balaban J connectivity index is 2.12. The van der Waals surface area contributed by atoms with E-state index in [9.17, 15) is 8.78 Å². The average molecular weight is 403 g/mol. The molecule has 0 fully saturated rings. The molecule has 0 heterocycles. The van der Waals surface area contributed by atoms with Gasteiger partial charge in [0.1, 0.15) is 34.1 Å². The van der Waals surface area contributed by atoms with Crippen LogP contribution in [0.5, 0.6) is 23.0 Å². The highest BCUT2D eigenvalue weighted by atomic mass is 35.5. The van der Waals surface area contributed by atoms with Crippen LogP contribution in [0.4, 0.5) is 8.78 Å². The number of hydrogen-bond donors (Lipinski definition) is 0. The van der Waals surface area contributed by atoms with Crippen molar-refractivity contribution >= 4 is 23.2 Å². The molecule has 0 aromatic heterocycles. The van der Waals surface area contributed by atoms with Crippen molar-refractivity contribution < 1.29 is 23.0 Å². The van der Waals surface area contributed by atoms with Crippen molar-refractivity contribution in [1.29, 1.82) is 0 Å². The highest BCUT2D eigenvalue weighted by molar-refractivity contribution is 6.55. The van der Waals surface area contributed by atoms with Crippen molar-refractivity contribution in [2.24, 2.45) is 0 Å². The van der Waals surface area contributed by atoms with Gasteiger partial charge in [0.05, 0.1) is 11.7 Å². The lowest BCUT2D eigenvalue weighted by Gasteiger charge is -2.13. The van der Waals surface area contributed by atoms with Gasteiger partial charge in [-0.1, -0.05) is 23.2 Å². The number of benzene rings is 2. The van der Waals surface area contributed by atoms with Gasteiger partial charge in [-0.25, -0.2) is 8.78 Å². The number of alkyl halides is 2. The van der Waals surface area contributed by atoms with Crippen molar-refractivity contribution in [3.05, 3.63) is 58.6 Å². The molecule has 0 spiro atoms. The summed E-state index contributed by atoms with van der Waals surface area (Å²) in [6.07, 6.45) is -1.29. The van der Waals surface area contributed by atoms with Gasteiger partial charge in [0, 0.05) is 0 Å². The van der Waals surface area contributed by atoms with E-state index >= 15 is 0 Å². The van der Waals surface area contributed by atoms with Crippen LogP contribution in [0.15, 0.2) is 53.0 Å². The Bertz CT molecular complexity index is 743. The first kappa shape index (κ1) is 20.3. The maximum Gasteiger partial charge on any atom is 0.267 e. The van der Waals surface area contributed by atoms with Crippen molar-refractivity contribution in [2.45, 2.75) is 26.4 Å². The first-order valence-electron chi connectivity index (χ1n) is 7.85. The molecule has 0 aliphatic heterocycles. The topological polar surface area (TPSA) is 27.7 Å². The minimum Gasteiger partial charge on any atom is -0.491 e. The number of halogens is 4. The van der Waals surface area contributed by atoms with Gasteiger partial charge in [-0.3, -0.25) is 0 Å². The van der Waals surface area contributed by atoms with Gasteiger partial charge in [-0.2, -0.15) is 0 Å². The molecule has 0 bridgehead atoms. The van der Waals surface area contributed by atoms with Crippen LogP contribution in [0.3, 0.4) is 0 Å². The summed E-state index contributed by atoms with van der Waals surface area (Å²) in [7, 11) is 0. The predicted molar refractivity (Wildman–Crippen MR) is 99.0 cm³/mol. The van der Waals surface area contributed by atoms with E-state index < -0.39 is 6.43 Å². The summed E-state index contributed by atoms with van der Waals surface area (Å²) in [5.41, 5.74) is -0.277. The van der Waals surface area contributed by atoms with E-state index in [-0.39, 0.29) is 34.3 Å². The second-order valence-corrected chi connectivity index (χ2v) is 6.55. The predicted octanol–water partition coefficient (Wildman–Crippen LogP) is 6.90. The van der Waals surface area contributed by atoms with Crippen molar-refractivity contribution in [3.8, 4) is 23.0 Å². The molecule has 7 heteroatoms. The van der Waals surface area contributed by atoms with Crippen LogP contribution in [0, 0.1) is 0 Å². The molecular weight excluding hydrogens is 385 g/mol. The van der Waals surface area contributed by atoms with Crippen LogP contribution in [0.2, 0.25) is 0 Å². The number of rotatable bonds is 8. The number of hydrogen-bond acceptors (Lipinski definition) is 3. The van der Waals surface area contributed by atoms with Gasteiger partial charge >= 0.3 is 0 Å². The summed E-state index contributed by atoms with van der Waals surface area (Å²) in [5, 5.41) is 0. The van der Waals surface area contributed by atoms with Crippen LogP contribution >= 0.6 is 23.2 Å². The van der Waals surface area contributed by atoms with Gasteiger partial charge in [-0.05, 0) is 62.4 Å². The van der Waals surface area contributed by atoms with E-state index in [0.717, 1.165) is 0 Å². The molecule has 0 unspecified atom stereocenters. The summed E-state index contributed by atoms with van der Waals surface area (Å²) in [4.78, 5) is 0. The van der Waals surface area contributed by atoms with Gasteiger partial charge < -0.3 is 14.2 Å². The summed E-state index contributed by atoms with van der Waals surface area (Å²) >= 11 is 10.9. The normalized spacial score (nSPS) is 10.8. The summed E-state index contributed by atoms with van der Waals surface area (Å²) in [5.74, 6) is 1.53. The molecule has 2 aromatic rings. The zero-order valence-electron chi connectivity index (χ0n) is 14.2. The Labute approximate surface area is 161 Å². The maximum absolute atomic E-state index is 13.3. The van der Waals surface area contributed by atoms with E-state index in [2.05, 4.69) is 0 Å². The number of ether oxygens (including phenoxy) is 3. The molecule has 0 saturated carbocycles. The molecule has 2 aromatic carbocycles. The Kier molecular flexibility index (Phi) is 7.54. The van der Waals surface area contributed by atoms with Crippen molar-refractivity contribution in [2.75, 3.05) is 6.61 Å². The molecular formula is C19H18Cl2F2O3. The molecule has 140 valence electrons. The lowest BCUT2D eigenvalue weighted by atomic mass is 10.2. The van der Waals surface area contributed by atoms with Gasteiger partial charge in [-0.15, -0.1) is 0 Å². The van der Waals surface area contributed by atoms with Crippen LogP contribution in [0.25, 0.3) is 0 Å². The maximum atomic E-state index is 13.3. The lowest BCUT2D eigenvalue weighted by Crippen LogP contribution is -2.05. The molecule has 26 heavy (non-hydrogen) atoms. The second kappa shape index (κ2) is 9.64. The zero-order valence-corrected chi connectivity index (χ0v) is 15.7. The monoisotopic (exact) mass is 402 g/mol. The van der Waals surface area contributed by atoms with E-state index in [4.69, 9.17) is 37.4 Å². The first-order valence-corrected chi connectivity index (χ1v) is 8.61. The third-order valence-electron chi connectivity index (χ3n) is 3.12. The summed E-state index contributed by atoms with van der Waals surface area (Å²) in [6, 6.07) is 11.1. The summed E-state index contributed by atoms with van der Waals surface area (Å²) in [6.45, 7) is 3.84. The lowest BCUT2D eigenvalue weighted by molar-refractivity contribution is 0.146. The molecule has 0 atom stereocenters. The minimum absolute atomic E-state index is 0.00782. The van der Waals surface area contributed by atoms with Crippen molar-refractivity contribution in [1.82, 2.24) is 0 Å². The minimum atomic E-state index is -2.72. The van der Waals surface area contributed by atoms with E-state index in [1.165, 1.54) is 18.2 Å². The van der Waals surface area contributed by atoms with E-state index in [1.54, 1.807) is 30.3 Å². The van der Waals surface area contributed by atoms with Gasteiger partial charge in [0.2, 0.25) is 0 Å². The second-order valence-electron chi connectivity index (χ2n) is 5.55. The van der Waals surface area contributed by atoms with Crippen molar-refractivity contribution in [3.63, 3.8) is 0 Å². The Morgan fingerprint density at radius 2 is 1.62 bits per heavy atom. The standard InChI is InChI=1S/C19H18Cl2F2O3/c1-12(2)25-13-3-5-14(6-4-13)26-15-7-8-17(16(11-15)19(22)23)24-10-9-18(20)21/h3-9,11-12,19H,10H2,1-2H3. The SMILES string of the molecule is CC(C)Oc1ccc(Oc2ccc(OCC=C(Cl)Cl)c(C(F)F)c2)cc1. The molecule has 2 rings (SSSR count). The molecule has 0 radical (unpaired) electrons. The zero-order chi connectivity index (χ0) is 19.1. The highest BCUT2D eigenvalue weighted by Gasteiger charge is 2.16. The van der Waals surface area contributed by atoms with Crippen LogP contribution in [-0.2, 0) is 0 Å². The summed E-state index contributed by atoms with van der Waals surface area (Å²) < 4.78 is 43.0. The third kappa shape index (κ3) is 6.39. The van der Waals surface area contributed by atoms with Crippen LogP contribution < -0.4 is 14.2 Å². The van der Waals surface area contributed by atoms with E-state index in [1.807, 2.05) is 13.8 Å². The molecule has 0 aliphatic carbocycles.